The Balaban J connectivity index is 2.42. The molecule has 4 heteroatoms. The lowest BCUT2D eigenvalue weighted by Gasteiger charge is -2.31. The molecule has 1 heterocycles. The summed E-state index contributed by atoms with van der Waals surface area (Å²) in [4.78, 5) is 12.0. The van der Waals surface area contributed by atoms with E-state index in [0.29, 0.717) is 24.5 Å². The Morgan fingerprint density at radius 2 is 2.11 bits per heavy atom. The minimum absolute atomic E-state index is 0.0573. The Bertz CT molecular complexity index is 478. The van der Waals surface area contributed by atoms with Gasteiger partial charge in [0.1, 0.15) is 12.4 Å². The van der Waals surface area contributed by atoms with Crippen LogP contribution < -0.4 is 15.4 Å². The van der Waals surface area contributed by atoms with Crippen LogP contribution in [-0.2, 0) is 0 Å². The summed E-state index contributed by atoms with van der Waals surface area (Å²) in [5.41, 5.74) is 1.80. The van der Waals surface area contributed by atoms with Crippen molar-refractivity contribution < 1.29 is 9.53 Å². The van der Waals surface area contributed by atoms with Crippen LogP contribution in [0.2, 0.25) is 0 Å². The van der Waals surface area contributed by atoms with Crippen LogP contribution in [0.1, 0.15) is 42.7 Å². The van der Waals surface area contributed by atoms with Crippen molar-refractivity contribution in [1.82, 2.24) is 10.6 Å². The quantitative estimate of drug-likeness (QED) is 0.858. The van der Waals surface area contributed by atoms with E-state index in [1.54, 1.807) is 0 Å². The summed E-state index contributed by atoms with van der Waals surface area (Å²) >= 11 is 0. The average molecular weight is 262 g/mol. The molecule has 4 nitrogen and oxygen atoms in total. The van der Waals surface area contributed by atoms with Gasteiger partial charge >= 0.3 is 0 Å². The standard InChI is InChI=1S/C15H22N2O2/c1-15(2,3)13(16-4)10-5-6-12-11(9-10)14(18)17-7-8-19-12/h5-6,9,13,16H,7-8H2,1-4H3,(H,17,18). The van der Waals surface area contributed by atoms with E-state index in [-0.39, 0.29) is 17.4 Å². The Hall–Kier alpha value is -1.55. The lowest BCUT2D eigenvalue weighted by atomic mass is 9.82. The molecule has 1 amide bonds. The molecule has 1 atom stereocenters. The van der Waals surface area contributed by atoms with E-state index in [1.807, 2.05) is 25.2 Å². The zero-order valence-electron chi connectivity index (χ0n) is 12.0. The third-order valence-corrected chi connectivity index (χ3v) is 3.38. The van der Waals surface area contributed by atoms with Crippen LogP contribution >= 0.6 is 0 Å². The van der Waals surface area contributed by atoms with Crippen molar-refractivity contribution in [2.45, 2.75) is 26.8 Å². The van der Waals surface area contributed by atoms with E-state index >= 15 is 0 Å². The third-order valence-electron chi connectivity index (χ3n) is 3.38. The molecule has 2 rings (SSSR count). The highest BCUT2D eigenvalue weighted by Crippen LogP contribution is 2.34. The third kappa shape index (κ3) is 2.89. The summed E-state index contributed by atoms with van der Waals surface area (Å²) in [6, 6.07) is 6.05. The second kappa shape index (κ2) is 5.21. The van der Waals surface area contributed by atoms with Gasteiger partial charge in [-0.05, 0) is 30.2 Å². The Labute approximate surface area is 114 Å². The Morgan fingerprint density at radius 1 is 1.37 bits per heavy atom. The molecule has 0 radical (unpaired) electrons. The monoisotopic (exact) mass is 262 g/mol. The molecule has 1 aliphatic heterocycles. The lowest BCUT2D eigenvalue weighted by Crippen LogP contribution is -2.30. The zero-order chi connectivity index (χ0) is 14.0. The maximum atomic E-state index is 12.0. The van der Waals surface area contributed by atoms with Gasteiger partial charge in [0, 0.05) is 6.04 Å². The largest absolute Gasteiger partial charge is 0.491 e. The highest BCUT2D eigenvalue weighted by atomic mass is 16.5. The van der Waals surface area contributed by atoms with Crippen molar-refractivity contribution in [3.05, 3.63) is 29.3 Å². The minimum Gasteiger partial charge on any atom is -0.491 e. The first kappa shape index (κ1) is 13.9. The van der Waals surface area contributed by atoms with Gasteiger partial charge in [-0.2, -0.15) is 0 Å². The first-order valence-corrected chi connectivity index (χ1v) is 6.65. The van der Waals surface area contributed by atoms with Gasteiger partial charge in [-0.15, -0.1) is 0 Å². The van der Waals surface area contributed by atoms with Gasteiger partial charge in [0.05, 0.1) is 12.1 Å². The van der Waals surface area contributed by atoms with Crippen molar-refractivity contribution in [1.29, 1.82) is 0 Å². The van der Waals surface area contributed by atoms with Crippen molar-refractivity contribution in [2.24, 2.45) is 5.41 Å². The van der Waals surface area contributed by atoms with E-state index in [9.17, 15) is 4.79 Å². The van der Waals surface area contributed by atoms with Crippen molar-refractivity contribution in [2.75, 3.05) is 20.2 Å². The number of hydrogen-bond acceptors (Lipinski definition) is 3. The fraction of sp³-hybridized carbons (Fsp3) is 0.533. The molecule has 0 fully saturated rings. The first-order chi connectivity index (χ1) is 8.93. The van der Waals surface area contributed by atoms with Crippen LogP contribution in [0.5, 0.6) is 5.75 Å². The molecule has 0 aliphatic carbocycles. The molecule has 0 spiro atoms. The minimum atomic E-state index is -0.0573. The number of rotatable bonds is 2. The molecule has 0 saturated heterocycles. The topological polar surface area (TPSA) is 50.4 Å². The van der Waals surface area contributed by atoms with E-state index in [4.69, 9.17) is 4.74 Å². The Kier molecular flexibility index (Phi) is 3.80. The van der Waals surface area contributed by atoms with Gasteiger partial charge in [0.15, 0.2) is 0 Å². The fourth-order valence-corrected chi connectivity index (χ4v) is 2.55. The first-order valence-electron chi connectivity index (χ1n) is 6.65. The molecule has 1 aliphatic rings. The molecule has 2 N–H and O–H groups in total. The predicted octanol–water partition coefficient (Wildman–Crippen LogP) is 2.12. The number of fused-ring (bicyclic) bond motifs is 1. The van der Waals surface area contributed by atoms with Gasteiger partial charge in [-0.25, -0.2) is 0 Å². The van der Waals surface area contributed by atoms with Crippen LogP contribution in [0.25, 0.3) is 0 Å². The number of amides is 1. The molecular formula is C15H22N2O2. The highest BCUT2D eigenvalue weighted by molar-refractivity contribution is 5.97. The average Bonchev–Trinajstić information content (AvgIpc) is 2.51. The molecule has 1 unspecified atom stereocenters. The lowest BCUT2D eigenvalue weighted by molar-refractivity contribution is 0.0957. The second-order valence-electron chi connectivity index (χ2n) is 5.95. The van der Waals surface area contributed by atoms with Crippen LogP contribution in [0.3, 0.4) is 0 Å². The predicted molar refractivity (Wildman–Crippen MR) is 75.5 cm³/mol. The maximum absolute atomic E-state index is 12.0. The molecule has 104 valence electrons. The van der Waals surface area contributed by atoms with Crippen molar-refractivity contribution >= 4 is 5.91 Å². The molecule has 0 saturated carbocycles. The summed E-state index contributed by atoms with van der Waals surface area (Å²) in [6.07, 6.45) is 0. The molecule has 0 aromatic heterocycles. The summed E-state index contributed by atoms with van der Waals surface area (Å²) in [5, 5.41) is 6.16. The highest BCUT2D eigenvalue weighted by Gasteiger charge is 2.26. The summed E-state index contributed by atoms with van der Waals surface area (Å²) < 4.78 is 5.57. The number of carbonyl (C=O) groups excluding carboxylic acids is 1. The van der Waals surface area contributed by atoms with Crippen LogP contribution in [0, 0.1) is 5.41 Å². The maximum Gasteiger partial charge on any atom is 0.255 e. The number of ether oxygens (including phenoxy) is 1. The number of hydrogen-bond donors (Lipinski definition) is 2. The van der Waals surface area contributed by atoms with Gasteiger partial charge in [0.25, 0.3) is 5.91 Å². The molecule has 19 heavy (non-hydrogen) atoms. The normalized spacial score (nSPS) is 16.9. The number of benzene rings is 1. The summed E-state index contributed by atoms with van der Waals surface area (Å²) in [5.74, 6) is 0.612. The van der Waals surface area contributed by atoms with Gasteiger partial charge in [-0.1, -0.05) is 26.8 Å². The van der Waals surface area contributed by atoms with Crippen LogP contribution in [0.15, 0.2) is 18.2 Å². The molecule has 0 bridgehead atoms. The second-order valence-corrected chi connectivity index (χ2v) is 5.95. The smallest absolute Gasteiger partial charge is 0.255 e. The van der Waals surface area contributed by atoms with Gasteiger partial charge in [0.2, 0.25) is 0 Å². The Morgan fingerprint density at radius 3 is 2.74 bits per heavy atom. The van der Waals surface area contributed by atoms with Crippen LogP contribution in [0.4, 0.5) is 0 Å². The number of carbonyl (C=O) groups is 1. The fourth-order valence-electron chi connectivity index (χ4n) is 2.55. The van der Waals surface area contributed by atoms with Crippen molar-refractivity contribution in [3.63, 3.8) is 0 Å². The number of nitrogens with one attached hydrogen (secondary N) is 2. The molecule has 1 aromatic rings. The van der Waals surface area contributed by atoms with Crippen LogP contribution in [-0.4, -0.2) is 26.1 Å². The van der Waals surface area contributed by atoms with Gasteiger partial charge in [-0.3, -0.25) is 4.79 Å². The SMILES string of the molecule is CNC(c1ccc2c(c1)C(=O)NCCO2)C(C)(C)C. The van der Waals surface area contributed by atoms with E-state index in [1.165, 1.54) is 0 Å². The van der Waals surface area contributed by atoms with Gasteiger partial charge < -0.3 is 15.4 Å². The van der Waals surface area contributed by atoms with E-state index < -0.39 is 0 Å². The van der Waals surface area contributed by atoms with E-state index in [0.717, 1.165) is 5.56 Å². The van der Waals surface area contributed by atoms with E-state index in [2.05, 4.69) is 31.4 Å². The summed E-state index contributed by atoms with van der Waals surface area (Å²) in [7, 11) is 1.94. The zero-order valence-corrected chi connectivity index (χ0v) is 12.0. The molecule has 1 aromatic carbocycles. The van der Waals surface area contributed by atoms with Crippen molar-refractivity contribution in [3.8, 4) is 5.75 Å². The summed E-state index contributed by atoms with van der Waals surface area (Å²) in [6.45, 7) is 7.60. The molecular weight excluding hydrogens is 240 g/mol.